The SMILES string of the molecule is CCNC(=O)COc1ccc(CN=C(NCC)N(C)Cc2cccc(Cl)c2)cc1OC. The van der Waals surface area contributed by atoms with E-state index in [9.17, 15) is 4.79 Å². The summed E-state index contributed by atoms with van der Waals surface area (Å²) in [4.78, 5) is 18.4. The number of guanidine groups is 1. The molecule has 0 unspecified atom stereocenters. The summed E-state index contributed by atoms with van der Waals surface area (Å²) in [6.45, 7) is 6.32. The van der Waals surface area contributed by atoms with Crippen molar-refractivity contribution in [3.63, 3.8) is 0 Å². The van der Waals surface area contributed by atoms with Crippen LogP contribution in [0.15, 0.2) is 47.5 Å². The van der Waals surface area contributed by atoms with Crippen molar-refractivity contribution in [3.8, 4) is 11.5 Å². The third-order valence-corrected chi connectivity index (χ3v) is 4.61. The standard InChI is InChI=1S/C23H31ClN4O3/c1-5-25-22(29)16-31-20-11-10-17(13-21(20)30-4)14-27-23(26-6-2)28(3)15-18-8-7-9-19(24)12-18/h7-13H,5-6,14-16H2,1-4H3,(H,25,29)(H,26,27). The van der Waals surface area contributed by atoms with Crippen LogP contribution in [0.25, 0.3) is 0 Å². The van der Waals surface area contributed by atoms with Crippen LogP contribution in [0.1, 0.15) is 25.0 Å². The summed E-state index contributed by atoms with van der Waals surface area (Å²) in [6, 6.07) is 13.4. The zero-order chi connectivity index (χ0) is 22.6. The van der Waals surface area contributed by atoms with Crippen LogP contribution in [0.4, 0.5) is 0 Å². The van der Waals surface area contributed by atoms with Crippen LogP contribution in [-0.4, -0.2) is 50.6 Å². The van der Waals surface area contributed by atoms with Gasteiger partial charge in [-0.15, -0.1) is 0 Å². The molecule has 8 heteroatoms. The molecule has 0 spiro atoms. The van der Waals surface area contributed by atoms with Crippen molar-refractivity contribution in [1.29, 1.82) is 0 Å². The Bertz CT molecular complexity index is 889. The molecule has 7 nitrogen and oxygen atoms in total. The molecule has 0 fully saturated rings. The summed E-state index contributed by atoms with van der Waals surface area (Å²) in [5.74, 6) is 1.70. The molecular weight excluding hydrogens is 416 g/mol. The maximum atomic E-state index is 11.6. The normalized spacial score (nSPS) is 11.1. The van der Waals surface area contributed by atoms with Crippen molar-refractivity contribution in [3.05, 3.63) is 58.6 Å². The number of methoxy groups -OCH3 is 1. The van der Waals surface area contributed by atoms with Gasteiger partial charge in [0.15, 0.2) is 24.1 Å². The van der Waals surface area contributed by atoms with Gasteiger partial charge >= 0.3 is 0 Å². The summed E-state index contributed by atoms with van der Waals surface area (Å²) in [5, 5.41) is 6.73. The number of nitrogens with one attached hydrogen (secondary N) is 2. The van der Waals surface area contributed by atoms with Gasteiger partial charge in [-0.1, -0.05) is 29.8 Å². The molecule has 2 aromatic rings. The first-order valence-electron chi connectivity index (χ1n) is 10.3. The van der Waals surface area contributed by atoms with Crippen LogP contribution in [0.3, 0.4) is 0 Å². The van der Waals surface area contributed by atoms with Gasteiger partial charge in [0.05, 0.1) is 13.7 Å². The second-order valence-electron chi connectivity index (χ2n) is 6.88. The Morgan fingerprint density at radius 2 is 1.84 bits per heavy atom. The van der Waals surface area contributed by atoms with Crippen molar-refractivity contribution in [2.75, 3.05) is 33.9 Å². The number of aliphatic imine (C=N–C) groups is 1. The highest BCUT2D eigenvalue weighted by Gasteiger charge is 2.10. The number of carbonyl (C=O) groups is 1. The molecule has 0 aliphatic heterocycles. The quantitative estimate of drug-likeness (QED) is 0.432. The maximum Gasteiger partial charge on any atom is 0.257 e. The number of nitrogens with zero attached hydrogens (tertiary/aromatic N) is 2. The molecule has 0 aromatic heterocycles. The fourth-order valence-corrected chi connectivity index (χ4v) is 3.15. The van der Waals surface area contributed by atoms with Gasteiger partial charge in [-0.2, -0.15) is 0 Å². The topological polar surface area (TPSA) is 75.2 Å². The molecule has 31 heavy (non-hydrogen) atoms. The lowest BCUT2D eigenvalue weighted by atomic mass is 10.2. The number of hydrogen-bond acceptors (Lipinski definition) is 4. The summed E-state index contributed by atoms with van der Waals surface area (Å²) in [5.41, 5.74) is 2.07. The van der Waals surface area contributed by atoms with Crippen LogP contribution in [-0.2, 0) is 17.9 Å². The first-order valence-corrected chi connectivity index (χ1v) is 10.6. The first kappa shape index (κ1) is 24.3. The van der Waals surface area contributed by atoms with E-state index in [1.54, 1.807) is 13.2 Å². The Balaban J connectivity index is 2.07. The number of carbonyl (C=O) groups excluding carboxylic acids is 1. The number of ether oxygens (including phenoxy) is 2. The van der Waals surface area contributed by atoms with Gasteiger partial charge in [0.2, 0.25) is 0 Å². The van der Waals surface area contributed by atoms with Crippen LogP contribution in [0, 0.1) is 0 Å². The van der Waals surface area contributed by atoms with Crippen LogP contribution >= 0.6 is 11.6 Å². The molecule has 2 rings (SSSR count). The van der Waals surface area contributed by atoms with Crippen molar-refractivity contribution in [2.45, 2.75) is 26.9 Å². The Labute approximate surface area is 189 Å². The Morgan fingerprint density at radius 3 is 2.52 bits per heavy atom. The van der Waals surface area contributed by atoms with Gasteiger partial charge in [0.25, 0.3) is 5.91 Å². The molecule has 0 aliphatic carbocycles. The number of benzene rings is 2. The predicted molar refractivity (Wildman–Crippen MR) is 125 cm³/mol. The third-order valence-electron chi connectivity index (χ3n) is 4.38. The van der Waals surface area contributed by atoms with E-state index in [4.69, 9.17) is 26.1 Å². The number of halogens is 1. The van der Waals surface area contributed by atoms with E-state index in [1.165, 1.54) is 0 Å². The van der Waals surface area contributed by atoms with Gasteiger partial charge in [-0.3, -0.25) is 4.79 Å². The molecule has 0 heterocycles. The minimum absolute atomic E-state index is 0.0550. The monoisotopic (exact) mass is 446 g/mol. The highest BCUT2D eigenvalue weighted by molar-refractivity contribution is 6.30. The minimum Gasteiger partial charge on any atom is -0.493 e. The Morgan fingerprint density at radius 1 is 1.06 bits per heavy atom. The number of likely N-dealkylation sites (N-methyl/N-ethyl adjacent to an activating group) is 1. The molecule has 1 amide bonds. The van der Waals surface area contributed by atoms with E-state index in [-0.39, 0.29) is 12.5 Å². The van der Waals surface area contributed by atoms with Crippen molar-refractivity contribution >= 4 is 23.5 Å². The van der Waals surface area contributed by atoms with Crippen molar-refractivity contribution in [2.24, 2.45) is 4.99 Å². The van der Waals surface area contributed by atoms with Crippen molar-refractivity contribution in [1.82, 2.24) is 15.5 Å². The van der Waals surface area contributed by atoms with Crippen LogP contribution in [0.5, 0.6) is 11.5 Å². The zero-order valence-corrected chi connectivity index (χ0v) is 19.3. The summed E-state index contributed by atoms with van der Waals surface area (Å²) in [7, 11) is 3.56. The van der Waals surface area contributed by atoms with E-state index < -0.39 is 0 Å². The smallest absolute Gasteiger partial charge is 0.257 e. The predicted octanol–water partition coefficient (Wildman–Crippen LogP) is 3.46. The van der Waals surface area contributed by atoms with Crippen LogP contribution < -0.4 is 20.1 Å². The molecule has 2 aromatic carbocycles. The summed E-state index contributed by atoms with van der Waals surface area (Å²) in [6.07, 6.45) is 0. The van der Waals surface area contributed by atoms with Gasteiger partial charge in [0, 0.05) is 31.7 Å². The Hall–Kier alpha value is -2.93. The average Bonchev–Trinajstić information content (AvgIpc) is 2.75. The van der Waals surface area contributed by atoms with E-state index in [2.05, 4.69) is 15.5 Å². The van der Waals surface area contributed by atoms with E-state index in [0.717, 1.165) is 28.7 Å². The lowest BCUT2D eigenvalue weighted by Gasteiger charge is -2.22. The zero-order valence-electron chi connectivity index (χ0n) is 18.6. The molecular formula is C23H31ClN4O3. The highest BCUT2D eigenvalue weighted by Crippen LogP contribution is 2.28. The molecule has 168 valence electrons. The molecule has 0 bridgehead atoms. The molecule has 0 saturated heterocycles. The van der Waals surface area contributed by atoms with E-state index >= 15 is 0 Å². The lowest BCUT2D eigenvalue weighted by Crippen LogP contribution is -2.38. The highest BCUT2D eigenvalue weighted by atomic mass is 35.5. The third kappa shape index (κ3) is 8.02. The number of hydrogen-bond donors (Lipinski definition) is 2. The van der Waals surface area contributed by atoms with Gasteiger partial charge < -0.3 is 25.0 Å². The Kier molecular flexibility index (Phi) is 9.97. The molecule has 0 atom stereocenters. The second kappa shape index (κ2) is 12.7. The van der Waals surface area contributed by atoms with Gasteiger partial charge in [-0.05, 0) is 49.2 Å². The lowest BCUT2D eigenvalue weighted by molar-refractivity contribution is -0.123. The largest absolute Gasteiger partial charge is 0.493 e. The average molecular weight is 447 g/mol. The molecule has 2 N–H and O–H groups in total. The van der Waals surface area contributed by atoms with E-state index in [0.29, 0.717) is 31.1 Å². The fourth-order valence-electron chi connectivity index (χ4n) is 2.94. The van der Waals surface area contributed by atoms with Gasteiger partial charge in [-0.25, -0.2) is 4.99 Å². The van der Waals surface area contributed by atoms with E-state index in [1.807, 2.05) is 57.3 Å². The second-order valence-corrected chi connectivity index (χ2v) is 7.32. The van der Waals surface area contributed by atoms with Crippen LogP contribution in [0.2, 0.25) is 5.02 Å². The van der Waals surface area contributed by atoms with Crippen molar-refractivity contribution < 1.29 is 14.3 Å². The summed E-state index contributed by atoms with van der Waals surface area (Å²) < 4.78 is 11.0. The van der Waals surface area contributed by atoms with Gasteiger partial charge in [0.1, 0.15) is 0 Å². The minimum atomic E-state index is -0.170. The molecule has 0 saturated carbocycles. The number of amides is 1. The fraction of sp³-hybridized carbons (Fsp3) is 0.391. The number of rotatable bonds is 10. The first-order chi connectivity index (χ1) is 15.0. The maximum absolute atomic E-state index is 11.6. The summed E-state index contributed by atoms with van der Waals surface area (Å²) >= 11 is 6.10. The molecule has 0 radical (unpaired) electrons. The molecule has 0 aliphatic rings.